The summed E-state index contributed by atoms with van der Waals surface area (Å²) >= 11 is 0. The summed E-state index contributed by atoms with van der Waals surface area (Å²) < 4.78 is 5.05. The van der Waals surface area contributed by atoms with Gasteiger partial charge in [0.1, 0.15) is 5.75 Å². The minimum absolute atomic E-state index is 0.269. The zero-order valence-corrected chi connectivity index (χ0v) is 13.5. The van der Waals surface area contributed by atoms with Crippen LogP contribution in [0.5, 0.6) is 5.75 Å². The average Bonchev–Trinajstić information content (AvgIpc) is 2.62. The van der Waals surface area contributed by atoms with Crippen LogP contribution >= 0.6 is 0 Å². The molecule has 0 bridgehead atoms. The molecule has 0 aliphatic rings. The largest absolute Gasteiger partial charge is 0.497 e. The van der Waals surface area contributed by atoms with E-state index in [1.165, 1.54) is 6.21 Å². The van der Waals surface area contributed by atoms with Crippen LogP contribution in [0, 0.1) is 0 Å². The first-order valence-corrected chi connectivity index (χ1v) is 7.43. The van der Waals surface area contributed by atoms with Crippen LogP contribution in [-0.4, -0.2) is 25.1 Å². The summed E-state index contributed by atoms with van der Waals surface area (Å²) in [4.78, 5) is 23.6. The van der Waals surface area contributed by atoms with E-state index in [-0.39, 0.29) is 6.04 Å². The SMILES string of the molecule is COc1ccc(C=NNC(=O)C(=O)NC(C)c2ccccc2)cc1. The second-order valence-corrected chi connectivity index (χ2v) is 5.08. The van der Waals surface area contributed by atoms with Crippen molar-refractivity contribution in [2.45, 2.75) is 13.0 Å². The lowest BCUT2D eigenvalue weighted by atomic mass is 10.1. The predicted octanol–water partition coefficient (Wildman–Crippen LogP) is 2.02. The van der Waals surface area contributed by atoms with E-state index in [0.29, 0.717) is 0 Å². The number of methoxy groups -OCH3 is 1. The summed E-state index contributed by atoms with van der Waals surface area (Å²) in [5.74, 6) is -0.828. The highest BCUT2D eigenvalue weighted by Crippen LogP contribution is 2.11. The van der Waals surface area contributed by atoms with Gasteiger partial charge in [-0.25, -0.2) is 5.43 Å². The molecule has 0 saturated carbocycles. The first-order valence-electron chi connectivity index (χ1n) is 7.43. The number of hydrogen-bond donors (Lipinski definition) is 2. The van der Waals surface area contributed by atoms with Gasteiger partial charge >= 0.3 is 11.8 Å². The Morgan fingerprint density at radius 3 is 2.33 bits per heavy atom. The van der Waals surface area contributed by atoms with Gasteiger partial charge < -0.3 is 10.1 Å². The molecule has 0 saturated heterocycles. The number of benzene rings is 2. The maximum Gasteiger partial charge on any atom is 0.329 e. The predicted molar refractivity (Wildman–Crippen MR) is 91.7 cm³/mol. The van der Waals surface area contributed by atoms with Crippen LogP contribution in [0.1, 0.15) is 24.1 Å². The summed E-state index contributed by atoms with van der Waals surface area (Å²) in [5, 5.41) is 6.39. The monoisotopic (exact) mass is 325 g/mol. The van der Waals surface area contributed by atoms with E-state index < -0.39 is 11.8 Å². The molecule has 0 aliphatic carbocycles. The molecular formula is C18H19N3O3. The topological polar surface area (TPSA) is 79.8 Å². The lowest BCUT2D eigenvalue weighted by Gasteiger charge is -2.13. The molecule has 0 heterocycles. The molecule has 124 valence electrons. The fraction of sp³-hybridized carbons (Fsp3) is 0.167. The Balaban J connectivity index is 1.84. The standard InChI is InChI=1S/C18H19N3O3/c1-13(15-6-4-3-5-7-15)20-17(22)18(23)21-19-12-14-8-10-16(24-2)11-9-14/h3-13H,1-2H3,(H,20,22)(H,21,23). The summed E-state index contributed by atoms with van der Waals surface area (Å²) in [6.45, 7) is 1.81. The van der Waals surface area contributed by atoms with Gasteiger partial charge in [-0.2, -0.15) is 5.10 Å². The number of carbonyl (C=O) groups is 2. The maximum absolute atomic E-state index is 11.8. The van der Waals surface area contributed by atoms with Crippen molar-refractivity contribution in [1.29, 1.82) is 0 Å². The van der Waals surface area contributed by atoms with Gasteiger partial charge in [-0.1, -0.05) is 30.3 Å². The fourth-order valence-corrected chi connectivity index (χ4v) is 1.99. The zero-order chi connectivity index (χ0) is 17.4. The maximum atomic E-state index is 11.8. The Morgan fingerprint density at radius 1 is 1.04 bits per heavy atom. The van der Waals surface area contributed by atoms with Gasteiger partial charge in [0.25, 0.3) is 0 Å². The molecule has 1 unspecified atom stereocenters. The highest BCUT2D eigenvalue weighted by atomic mass is 16.5. The van der Waals surface area contributed by atoms with E-state index in [0.717, 1.165) is 16.9 Å². The van der Waals surface area contributed by atoms with Gasteiger partial charge in [-0.05, 0) is 42.3 Å². The van der Waals surface area contributed by atoms with E-state index in [4.69, 9.17) is 4.74 Å². The Hall–Kier alpha value is -3.15. The molecular weight excluding hydrogens is 306 g/mol. The smallest absolute Gasteiger partial charge is 0.329 e. The zero-order valence-electron chi connectivity index (χ0n) is 13.5. The molecule has 0 spiro atoms. The molecule has 2 rings (SSSR count). The summed E-state index contributed by atoms with van der Waals surface area (Å²) in [6.07, 6.45) is 1.45. The minimum Gasteiger partial charge on any atom is -0.497 e. The van der Waals surface area contributed by atoms with E-state index in [2.05, 4.69) is 15.8 Å². The summed E-state index contributed by atoms with van der Waals surface area (Å²) in [6, 6.07) is 16.2. The molecule has 0 aromatic heterocycles. The van der Waals surface area contributed by atoms with Crippen molar-refractivity contribution in [3.05, 3.63) is 65.7 Å². The van der Waals surface area contributed by atoms with Gasteiger partial charge in [-0.3, -0.25) is 9.59 Å². The van der Waals surface area contributed by atoms with E-state index in [9.17, 15) is 9.59 Å². The normalized spacial score (nSPS) is 11.8. The van der Waals surface area contributed by atoms with E-state index >= 15 is 0 Å². The van der Waals surface area contributed by atoms with E-state index in [1.54, 1.807) is 38.3 Å². The van der Waals surface area contributed by atoms with Crippen LogP contribution in [0.2, 0.25) is 0 Å². The number of nitrogens with zero attached hydrogens (tertiary/aromatic N) is 1. The van der Waals surface area contributed by atoms with E-state index in [1.807, 2.05) is 30.3 Å². The van der Waals surface area contributed by atoms with Gasteiger partial charge in [0.05, 0.1) is 19.4 Å². The molecule has 1 atom stereocenters. The number of hydrogen-bond acceptors (Lipinski definition) is 4. The average molecular weight is 325 g/mol. The van der Waals surface area contributed by atoms with Crippen LogP contribution in [0.3, 0.4) is 0 Å². The summed E-state index contributed by atoms with van der Waals surface area (Å²) in [7, 11) is 1.58. The molecule has 2 N–H and O–H groups in total. The van der Waals surface area contributed by atoms with Crippen LogP contribution in [-0.2, 0) is 9.59 Å². The van der Waals surface area contributed by atoms with Crippen LogP contribution in [0.25, 0.3) is 0 Å². The Kier molecular flexibility index (Phi) is 6.08. The number of rotatable bonds is 5. The number of carbonyl (C=O) groups excluding carboxylic acids is 2. The van der Waals surface area contributed by atoms with Crippen molar-refractivity contribution < 1.29 is 14.3 Å². The molecule has 6 heteroatoms. The second-order valence-electron chi connectivity index (χ2n) is 5.08. The van der Waals surface area contributed by atoms with Gasteiger partial charge in [0.2, 0.25) is 0 Å². The molecule has 2 amide bonds. The molecule has 6 nitrogen and oxygen atoms in total. The Labute approximate surface area is 140 Å². The number of ether oxygens (including phenoxy) is 1. The number of hydrazone groups is 1. The Bertz CT molecular complexity index is 712. The van der Waals surface area contributed by atoms with Crippen molar-refractivity contribution in [3.63, 3.8) is 0 Å². The molecule has 0 fully saturated rings. The number of nitrogens with one attached hydrogen (secondary N) is 2. The first-order chi connectivity index (χ1) is 11.6. The van der Waals surface area contributed by atoms with Crippen molar-refractivity contribution >= 4 is 18.0 Å². The van der Waals surface area contributed by atoms with Gasteiger partial charge in [0.15, 0.2) is 0 Å². The van der Waals surface area contributed by atoms with Crippen molar-refractivity contribution in [3.8, 4) is 5.75 Å². The molecule has 0 radical (unpaired) electrons. The molecule has 2 aromatic carbocycles. The van der Waals surface area contributed by atoms with Crippen molar-refractivity contribution in [2.75, 3.05) is 7.11 Å². The molecule has 24 heavy (non-hydrogen) atoms. The third-order valence-electron chi connectivity index (χ3n) is 3.35. The second kappa shape index (κ2) is 8.47. The lowest BCUT2D eigenvalue weighted by Crippen LogP contribution is -2.39. The van der Waals surface area contributed by atoms with Crippen molar-refractivity contribution in [2.24, 2.45) is 5.10 Å². The van der Waals surface area contributed by atoms with Crippen molar-refractivity contribution in [1.82, 2.24) is 10.7 Å². The van der Waals surface area contributed by atoms with Crippen LogP contribution in [0.15, 0.2) is 59.7 Å². The Morgan fingerprint density at radius 2 is 1.71 bits per heavy atom. The highest BCUT2D eigenvalue weighted by molar-refractivity contribution is 6.35. The highest BCUT2D eigenvalue weighted by Gasteiger charge is 2.16. The first kappa shape index (κ1) is 17.2. The molecule has 2 aromatic rings. The third-order valence-corrected chi connectivity index (χ3v) is 3.35. The quantitative estimate of drug-likeness (QED) is 0.501. The van der Waals surface area contributed by atoms with Crippen LogP contribution < -0.4 is 15.5 Å². The summed E-state index contributed by atoms with van der Waals surface area (Å²) in [5.41, 5.74) is 3.89. The molecule has 0 aliphatic heterocycles. The minimum atomic E-state index is -0.817. The third kappa shape index (κ3) is 4.95. The van der Waals surface area contributed by atoms with Gasteiger partial charge in [-0.15, -0.1) is 0 Å². The van der Waals surface area contributed by atoms with Gasteiger partial charge in [0, 0.05) is 0 Å². The fourth-order valence-electron chi connectivity index (χ4n) is 1.99. The lowest BCUT2D eigenvalue weighted by molar-refractivity contribution is -0.139. The number of amides is 2. The van der Waals surface area contributed by atoms with Crippen LogP contribution in [0.4, 0.5) is 0 Å².